The highest BCUT2D eigenvalue weighted by Gasteiger charge is 2.54. The zero-order valence-corrected chi connectivity index (χ0v) is 29.2. The van der Waals surface area contributed by atoms with Gasteiger partial charge in [-0.1, -0.05) is 5.11 Å². The molecule has 3 fully saturated rings. The molecule has 8 N–H and O–H groups in total. The van der Waals surface area contributed by atoms with E-state index in [4.69, 9.17) is 38.7 Å². The molecule has 1 amide bonds. The van der Waals surface area contributed by atoms with E-state index in [1.165, 1.54) is 14.2 Å². The average Bonchev–Trinajstić information content (AvgIpc) is 3.11. The zero-order valence-electron chi connectivity index (χ0n) is 29.2. The van der Waals surface area contributed by atoms with Crippen LogP contribution < -0.4 is 21.3 Å². The van der Waals surface area contributed by atoms with Crippen LogP contribution in [0, 0.1) is 23.7 Å². The highest BCUT2D eigenvalue weighted by molar-refractivity contribution is 5.78. The number of hydrogen-bond acceptors (Lipinski definition) is 16. The van der Waals surface area contributed by atoms with Crippen LogP contribution in [-0.2, 0) is 38.0 Å². The Labute approximate surface area is 287 Å². The monoisotopic (exact) mass is 707 g/mol. The molecular formula is C30H57N7O12. The van der Waals surface area contributed by atoms with Crippen molar-refractivity contribution in [1.82, 2.24) is 21.3 Å². The lowest BCUT2D eigenvalue weighted by Crippen LogP contribution is -2.68. The first-order valence-corrected chi connectivity index (χ1v) is 16.6. The highest BCUT2D eigenvalue weighted by Crippen LogP contribution is 2.39. The van der Waals surface area contributed by atoms with Gasteiger partial charge in [0.15, 0.2) is 12.6 Å². The second-order valence-electron chi connectivity index (χ2n) is 12.6. The minimum Gasteiger partial charge on any atom is -0.396 e. The molecule has 2 saturated heterocycles. The summed E-state index contributed by atoms with van der Waals surface area (Å²) in [5, 5.41) is 57.9. The lowest BCUT2D eigenvalue weighted by atomic mass is 9.77. The van der Waals surface area contributed by atoms with E-state index in [-0.39, 0.29) is 32.8 Å². The number of nitrogens with zero attached hydrogens (tertiary/aromatic N) is 3. The van der Waals surface area contributed by atoms with Crippen molar-refractivity contribution < 1.29 is 58.4 Å². The van der Waals surface area contributed by atoms with E-state index in [2.05, 4.69) is 31.3 Å². The van der Waals surface area contributed by atoms with Crippen LogP contribution in [0.2, 0.25) is 0 Å². The van der Waals surface area contributed by atoms with Crippen LogP contribution in [-0.4, -0.2) is 182 Å². The quantitative estimate of drug-likeness (QED) is 0.0376. The van der Waals surface area contributed by atoms with E-state index in [0.29, 0.717) is 6.54 Å². The van der Waals surface area contributed by atoms with Crippen LogP contribution in [0.5, 0.6) is 0 Å². The molecule has 3 rings (SSSR count). The fourth-order valence-electron chi connectivity index (χ4n) is 7.67. The average molecular weight is 708 g/mol. The molecule has 3 aliphatic rings. The van der Waals surface area contributed by atoms with Crippen molar-refractivity contribution in [2.75, 3.05) is 88.6 Å². The van der Waals surface area contributed by atoms with Crippen LogP contribution in [0.15, 0.2) is 5.11 Å². The van der Waals surface area contributed by atoms with Gasteiger partial charge in [0.2, 0.25) is 5.91 Å². The molecule has 0 bridgehead atoms. The van der Waals surface area contributed by atoms with E-state index in [0.717, 1.165) is 0 Å². The predicted molar refractivity (Wildman–Crippen MR) is 173 cm³/mol. The lowest BCUT2D eigenvalue weighted by Gasteiger charge is -2.52. The number of carbonyl (C=O) groups is 1. The molecule has 0 aromatic rings. The smallest absolute Gasteiger partial charge is 0.226 e. The van der Waals surface area contributed by atoms with Crippen LogP contribution in [0.1, 0.15) is 6.42 Å². The standard InChI is InChI=1S/C30H57N7O12/c1-32-8-21-15(10-38)16(11-39)27(44-5)30(46-21)49-25-18(13-41)26(20(7-19(25)33-2)36-23(42)9-35-37-31)48-29-17(12-40)24(34-3)28(45-6)22(47-29)14-43-4/h15-22,24-30,32-34,38-41H,7-14H2,1-6H3,(H,36,42)/t15-,16-,17+,18-,19?,20+,21?,22?,24?,25-,26?,27?,28+,29+,30+/m0/s1. The molecule has 1 aliphatic carbocycles. The molecule has 6 unspecified atom stereocenters. The van der Waals surface area contributed by atoms with Crippen molar-refractivity contribution >= 4 is 5.91 Å². The maximum Gasteiger partial charge on any atom is 0.226 e. The first-order chi connectivity index (χ1) is 23.7. The third-order valence-electron chi connectivity index (χ3n) is 10.0. The Kier molecular flexibility index (Phi) is 17.8. The number of aliphatic hydroxyl groups excluding tert-OH is 4. The molecule has 19 heteroatoms. The number of methoxy groups -OCH3 is 3. The van der Waals surface area contributed by atoms with Crippen LogP contribution in [0.4, 0.5) is 0 Å². The SMILES string of the molecule is CNCC1O[C@H](O[C@@H]2C(NC)C[C@@H](NC(=O)CN=[N+]=[N-])C(O[C@H]3OC(COC)[C@@H](OC)C(NC)[C@H]3CO)[C@H]2CO)C(OC)[C@@H](CO)[C@@H]1CO. The van der Waals surface area contributed by atoms with Gasteiger partial charge in [-0.2, -0.15) is 0 Å². The van der Waals surface area contributed by atoms with Crippen molar-refractivity contribution in [3.8, 4) is 0 Å². The Bertz CT molecular complexity index is 1030. The van der Waals surface area contributed by atoms with Crippen molar-refractivity contribution in [2.45, 2.75) is 73.8 Å². The molecule has 0 radical (unpaired) electrons. The van der Waals surface area contributed by atoms with Crippen LogP contribution in [0.3, 0.4) is 0 Å². The van der Waals surface area contributed by atoms with Crippen molar-refractivity contribution in [3.63, 3.8) is 0 Å². The number of rotatable bonds is 19. The van der Waals surface area contributed by atoms with Gasteiger partial charge in [0.05, 0.1) is 50.1 Å². The molecule has 0 spiro atoms. The Hall–Kier alpha value is -1.78. The molecular weight excluding hydrogens is 650 g/mol. The van der Waals surface area contributed by atoms with Crippen molar-refractivity contribution in [1.29, 1.82) is 0 Å². The summed E-state index contributed by atoms with van der Waals surface area (Å²) >= 11 is 0. The van der Waals surface area contributed by atoms with Gasteiger partial charge in [0.25, 0.3) is 0 Å². The number of aliphatic hydroxyl groups is 4. The molecule has 19 nitrogen and oxygen atoms in total. The van der Waals surface area contributed by atoms with Crippen LogP contribution in [0.25, 0.3) is 10.4 Å². The van der Waals surface area contributed by atoms with E-state index in [9.17, 15) is 25.2 Å². The number of hydrogen-bond donors (Lipinski definition) is 8. The Balaban J connectivity index is 2.03. The predicted octanol–water partition coefficient (Wildman–Crippen LogP) is -3.09. The van der Waals surface area contributed by atoms with Crippen LogP contribution >= 0.6 is 0 Å². The van der Waals surface area contributed by atoms with E-state index >= 15 is 0 Å². The first-order valence-electron chi connectivity index (χ1n) is 16.6. The summed E-state index contributed by atoms with van der Waals surface area (Å²) in [4.78, 5) is 15.6. The van der Waals surface area contributed by atoms with Gasteiger partial charge in [-0.05, 0) is 33.1 Å². The first kappa shape index (κ1) is 41.6. The van der Waals surface area contributed by atoms with Gasteiger partial charge < -0.3 is 74.9 Å². The number of amides is 1. The molecule has 2 aliphatic heterocycles. The fraction of sp³-hybridized carbons (Fsp3) is 0.967. The summed E-state index contributed by atoms with van der Waals surface area (Å²) in [6, 6.07) is -1.63. The summed E-state index contributed by atoms with van der Waals surface area (Å²) in [5.41, 5.74) is 8.79. The molecule has 15 atom stereocenters. The minimum absolute atomic E-state index is 0.161. The lowest BCUT2D eigenvalue weighted by molar-refractivity contribution is -0.325. The number of ether oxygens (including phenoxy) is 7. The molecule has 284 valence electrons. The van der Waals surface area contributed by atoms with Gasteiger partial charge in [-0.15, -0.1) is 0 Å². The third-order valence-corrected chi connectivity index (χ3v) is 10.0. The normalized spacial score (nSPS) is 39.7. The second kappa shape index (κ2) is 20.9. The second-order valence-corrected chi connectivity index (χ2v) is 12.6. The number of azide groups is 1. The van der Waals surface area contributed by atoms with E-state index in [1.807, 2.05) is 0 Å². The van der Waals surface area contributed by atoms with E-state index in [1.54, 1.807) is 28.3 Å². The van der Waals surface area contributed by atoms with Gasteiger partial charge in [-0.3, -0.25) is 4.79 Å². The largest absolute Gasteiger partial charge is 0.396 e. The maximum atomic E-state index is 12.9. The van der Waals surface area contributed by atoms with Gasteiger partial charge in [0.1, 0.15) is 24.9 Å². The Morgan fingerprint density at radius 1 is 0.796 bits per heavy atom. The van der Waals surface area contributed by atoms with Crippen molar-refractivity contribution in [3.05, 3.63) is 10.4 Å². The van der Waals surface area contributed by atoms with Gasteiger partial charge >= 0.3 is 0 Å². The Morgan fingerprint density at radius 2 is 1.41 bits per heavy atom. The summed E-state index contributed by atoms with van der Waals surface area (Å²) in [5.74, 6) is -2.97. The zero-order chi connectivity index (χ0) is 36.1. The molecule has 2 heterocycles. The summed E-state index contributed by atoms with van der Waals surface area (Å²) in [7, 11) is 9.75. The van der Waals surface area contributed by atoms with Crippen molar-refractivity contribution in [2.24, 2.45) is 28.8 Å². The van der Waals surface area contributed by atoms with Gasteiger partial charge in [0, 0.05) is 75.8 Å². The number of likely N-dealkylation sites (N-methyl/N-ethyl adjacent to an activating group) is 3. The third kappa shape index (κ3) is 9.76. The number of carbonyl (C=O) groups excluding carboxylic acids is 1. The summed E-state index contributed by atoms with van der Waals surface area (Å²) in [6.45, 7) is -1.26. The topological polar surface area (TPSA) is 259 Å². The summed E-state index contributed by atoms with van der Waals surface area (Å²) in [6.07, 6.45) is -5.96. The number of nitrogens with one attached hydrogen (secondary N) is 4. The van der Waals surface area contributed by atoms with Gasteiger partial charge in [-0.25, -0.2) is 0 Å². The molecule has 0 aromatic heterocycles. The maximum absolute atomic E-state index is 12.9. The fourth-order valence-corrected chi connectivity index (χ4v) is 7.67. The molecule has 49 heavy (non-hydrogen) atoms. The highest BCUT2D eigenvalue weighted by atomic mass is 16.7. The molecule has 1 saturated carbocycles. The molecule has 0 aromatic carbocycles. The van der Waals surface area contributed by atoms with E-state index < -0.39 is 110 Å². The summed E-state index contributed by atoms with van der Waals surface area (Å²) < 4.78 is 43.0. The minimum atomic E-state index is -1.04. The Morgan fingerprint density at radius 3 is 1.94 bits per heavy atom.